The molecule has 0 aliphatic carbocycles. The molecule has 2 N–H and O–H groups in total. The first-order chi connectivity index (χ1) is 15.0. The molecule has 1 fully saturated rings. The molecule has 0 saturated carbocycles. The quantitative estimate of drug-likeness (QED) is 0.640. The summed E-state index contributed by atoms with van der Waals surface area (Å²) in [6, 6.07) is 16.6. The van der Waals surface area contributed by atoms with E-state index >= 15 is 0 Å². The number of amides is 1. The van der Waals surface area contributed by atoms with Gasteiger partial charge in [0.2, 0.25) is 0 Å². The Hall–Kier alpha value is -2.93. The van der Waals surface area contributed by atoms with Crippen LogP contribution in [-0.2, 0) is 6.54 Å². The highest BCUT2D eigenvalue weighted by Crippen LogP contribution is 2.21. The van der Waals surface area contributed by atoms with Gasteiger partial charge in [0.15, 0.2) is 0 Å². The van der Waals surface area contributed by atoms with Crippen LogP contribution in [0.15, 0.2) is 65.6 Å². The van der Waals surface area contributed by atoms with E-state index in [4.69, 9.17) is 11.6 Å². The summed E-state index contributed by atoms with van der Waals surface area (Å²) < 4.78 is 0. The summed E-state index contributed by atoms with van der Waals surface area (Å²) in [5.41, 5.74) is 3.09. The normalized spacial score (nSPS) is 15.0. The zero-order valence-corrected chi connectivity index (χ0v) is 18.2. The average Bonchev–Trinajstić information content (AvgIpc) is 2.77. The molecule has 1 aliphatic heterocycles. The van der Waals surface area contributed by atoms with Crippen molar-refractivity contribution < 1.29 is 4.79 Å². The monoisotopic (exact) mass is 436 g/mol. The van der Waals surface area contributed by atoms with Crippen molar-refractivity contribution in [3.05, 3.63) is 87.3 Å². The fourth-order valence-electron chi connectivity index (χ4n) is 3.62. The van der Waals surface area contributed by atoms with Crippen LogP contribution >= 0.6 is 11.6 Å². The van der Waals surface area contributed by atoms with E-state index in [2.05, 4.69) is 27.1 Å². The summed E-state index contributed by atoms with van der Waals surface area (Å²) in [7, 11) is 2.14. The molecule has 31 heavy (non-hydrogen) atoms. The highest BCUT2D eigenvalue weighted by molar-refractivity contribution is 6.30. The third kappa shape index (κ3) is 5.41. The highest BCUT2D eigenvalue weighted by Gasteiger charge is 2.15. The van der Waals surface area contributed by atoms with Gasteiger partial charge in [0, 0.05) is 49.6 Å². The minimum atomic E-state index is -0.441. The van der Waals surface area contributed by atoms with Crippen LogP contribution in [0.2, 0.25) is 5.02 Å². The molecular formula is C24H25ClN4O2. The molecule has 1 amide bonds. The van der Waals surface area contributed by atoms with Crippen molar-refractivity contribution >= 4 is 23.2 Å². The molecule has 2 heterocycles. The van der Waals surface area contributed by atoms with Gasteiger partial charge in [0.05, 0.1) is 0 Å². The predicted octanol–water partition coefficient (Wildman–Crippen LogP) is 3.70. The Balaban J connectivity index is 1.43. The molecule has 0 spiro atoms. The summed E-state index contributed by atoms with van der Waals surface area (Å²) in [6.45, 7) is 5.17. The first-order valence-electron chi connectivity index (χ1n) is 10.3. The Morgan fingerprint density at radius 1 is 1.00 bits per heavy atom. The van der Waals surface area contributed by atoms with Crippen LogP contribution in [-0.4, -0.2) is 53.9 Å². The number of pyridine rings is 1. The molecule has 6 nitrogen and oxygen atoms in total. The molecule has 160 valence electrons. The minimum absolute atomic E-state index is 0.0639. The zero-order chi connectivity index (χ0) is 21.8. The number of carbonyl (C=O) groups excluding carboxylic acids is 1. The molecule has 1 aromatic heterocycles. The first kappa shape index (κ1) is 21.3. The van der Waals surface area contributed by atoms with Gasteiger partial charge in [-0.3, -0.25) is 14.5 Å². The van der Waals surface area contributed by atoms with Gasteiger partial charge < -0.3 is 15.2 Å². The predicted molar refractivity (Wildman–Crippen MR) is 125 cm³/mol. The van der Waals surface area contributed by atoms with Crippen LogP contribution in [0.4, 0.5) is 5.69 Å². The van der Waals surface area contributed by atoms with E-state index in [1.807, 2.05) is 36.4 Å². The van der Waals surface area contributed by atoms with Crippen molar-refractivity contribution in [2.24, 2.45) is 0 Å². The summed E-state index contributed by atoms with van der Waals surface area (Å²) in [6.07, 6.45) is 1.59. The van der Waals surface area contributed by atoms with Gasteiger partial charge in [0.1, 0.15) is 5.56 Å². The van der Waals surface area contributed by atoms with Crippen molar-refractivity contribution in [2.45, 2.75) is 6.54 Å². The number of aromatic nitrogens is 1. The van der Waals surface area contributed by atoms with E-state index in [0.717, 1.165) is 43.9 Å². The third-order valence-corrected chi connectivity index (χ3v) is 5.79. The van der Waals surface area contributed by atoms with E-state index < -0.39 is 11.5 Å². The van der Waals surface area contributed by atoms with Gasteiger partial charge in [-0.15, -0.1) is 0 Å². The molecule has 4 rings (SSSR count). The Morgan fingerprint density at radius 3 is 2.35 bits per heavy atom. The number of hydrogen-bond acceptors (Lipinski definition) is 4. The first-order valence-corrected chi connectivity index (χ1v) is 10.7. The van der Waals surface area contributed by atoms with E-state index in [1.54, 1.807) is 24.4 Å². The molecule has 7 heteroatoms. The molecule has 0 radical (unpaired) electrons. The summed E-state index contributed by atoms with van der Waals surface area (Å²) in [4.78, 5) is 32.4. The van der Waals surface area contributed by atoms with Crippen molar-refractivity contribution in [1.82, 2.24) is 14.8 Å². The Bertz CT molecular complexity index is 1100. The lowest BCUT2D eigenvalue weighted by Crippen LogP contribution is -2.43. The maximum absolute atomic E-state index is 12.7. The van der Waals surface area contributed by atoms with Gasteiger partial charge >= 0.3 is 0 Å². The van der Waals surface area contributed by atoms with Gasteiger partial charge in [0.25, 0.3) is 11.5 Å². The van der Waals surface area contributed by atoms with Crippen molar-refractivity contribution in [2.75, 3.05) is 38.5 Å². The maximum atomic E-state index is 12.7. The molecule has 3 aromatic rings. The summed E-state index contributed by atoms with van der Waals surface area (Å²) in [5.74, 6) is -0.441. The van der Waals surface area contributed by atoms with E-state index in [-0.39, 0.29) is 5.56 Å². The lowest BCUT2D eigenvalue weighted by molar-refractivity contribution is 0.102. The van der Waals surface area contributed by atoms with Crippen LogP contribution in [0.1, 0.15) is 15.9 Å². The number of carbonyl (C=O) groups is 1. The fourth-order valence-corrected chi connectivity index (χ4v) is 3.74. The number of piperazine rings is 1. The maximum Gasteiger partial charge on any atom is 0.261 e. The summed E-state index contributed by atoms with van der Waals surface area (Å²) in [5, 5.41) is 3.45. The lowest BCUT2D eigenvalue weighted by Gasteiger charge is -2.32. The van der Waals surface area contributed by atoms with Gasteiger partial charge in [-0.25, -0.2) is 0 Å². The van der Waals surface area contributed by atoms with Crippen LogP contribution in [0.3, 0.4) is 0 Å². The molecular weight excluding hydrogens is 412 g/mol. The number of hydrogen-bond donors (Lipinski definition) is 2. The van der Waals surface area contributed by atoms with Crippen molar-refractivity contribution in [3.8, 4) is 11.1 Å². The molecule has 2 aromatic carbocycles. The number of nitrogens with zero attached hydrogens (tertiary/aromatic N) is 2. The second-order valence-corrected chi connectivity index (χ2v) is 8.30. The standard InChI is InChI=1S/C24H25ClN4O2/c1-28-10-12-29(13-11-28)16-17-2-8-21(9-3-17)27-24(31)22-14-19(15-26-23(22)30)18-4-6-20(25)7-5-18/h2-9,14-15H,10-13,16H2,1H3,(H,26,30)(H,27,31). The topological polar surface area (TPSA) is 68.4 Å². The second kappa shape index (κ2) is 9.47. The van der Waals surface area contributed by atoms with Crippen LogP contribution in [0.5, 0.6) is 0 Å². The van der Waals surface area contributed by atoms with E-state index in [9.17, 15) is 9.59 Å². The molecule has 1 aliphatic rings. The number of anilines is 1. The number of halogens is 1. The lowest BCUT2D eigenvalue weighted by atomic mass is 10.1. The Kier molecular flexibility index (Phi) is 6.51. The van der Waals surface area contributed by atoms with Crippen LogP contribution < -0.4 is 10.9 Å². The highest BCUT2D eigenvalue weighted by atomic mass is 35.5. The SMILES string of the molecule is CN1CCN(Cc2ccc(NC(=O)c3cc(-c4ccc(Cl)cc4)c[nH]c3=O)cc2)CC1. The average molecular weight is 437 g/mol. The number of H-pyrrole nitrogens is 1. The van der Waals surface area contributed by atoms with Crippen LogP contribution in [0, 0.1) is 0 Å². The van der Waals surface area contributed by atoms with E-state index in [0.29, 0.717) is 10.7 Å². The number of nitrogens with one attached hydrogen (secondary N) is 2. The molecule has 0 bridgehead atoms. The van der Waals surface area contributed by atoms with Gasteiger partial charge in [-0.05, 0) is 54.1 Å². The van der Waals surface area contributed by atoms with Gasteiger partial charge in [-0.1, -0.05) is 35.9 Å². The Labute approximate surface area is 186 Å². The largest absolute Gasteiger partial charge is 0.328 e. The molecule has 0 atom stereocenters. The van der Waals surface area contributed by atoms with Crippen LogP contribution in [0.25, 0.3) is 11.1 Å². The summed E-state index contributed by atoms with van der Waals surface area (Å²) >= 11 is 5.94. The van der Waals surface area contributed by atoms with Crippen molar-refractivity contribution in [1.29, 1.82) is 0 Å². The fraction of sp³-hybridized carbons (Fsp3) is 0.250. The zero-order valence-electron chi connectivity index (χ0n) is 17.4. The number of aromatic amines is 1. The number of benzene rings is 2. The minimum Gasteiger partial charge on any atom is -0.328 e. The Morgan fingerprint density at radius 2 is 1.68 bits per heavy atom. The third-order valence-electron chi connectivity index (χ3n) is 5.54. The number of rotatable bonds is 5. The molecule has 0 unspecified atom stereocenters. The van der Waals surface area contributed by atoms with Gasteiger partial charge in [-0.2, -0.15) is 0 Å². The smallest absolute Gasteiger partial charge is 0.261 e. The van der Waals surface area contributed by atoms with Crippen molar-refractivity contribution in [3.63, 3.8) is 0 Å². The second-order valence-electron chi connectivity index (χ2n) is 7.87. The van der Waals surface area contributed by atoms with E-state index in [1.165, 1.54) is 5.56 Å². The molecule has 1 saturated heterocycles. The number of likely N-dealkylation sites (N-methyl/N-ethyl adjacent to an activating group) is 1.